The SMILES string of the molecule is CS(=O)(=O)CCC(N)C(=O)C1CCC1. The molecule has 1 unspecified atom stereocenters. The lowest BCUT2D eigenvalue weighted by atomic mass is 9.79. The molecule has 0 saturated heterocycles. The molecule has 82 valence electrons. The Kier molecular flexibility index (Phi) is 3.66. The molecule has 1 aliphatic carbocycles. The minimum absolute atomic E-state index is 0.00657. The third kappa shape index (κ3) is 3.38. The van der Waals surface area contributed by atoms with Crippen molar-refractivity contribution in [3.8, 4) is 0 Å². The lowest BCUT2D eigenvalue weighted by Gasteiger charge is -2.26. The second-order valence-corrected chi connectivity index (χ2v) is 6.31. The molecule has 0 aromatic heterocycles. The van der Waals surface area contributed by atoms with Crippen molar-refractivity contribution in [1.29, 1.82) is 0 Å². The van der Waals surface area contributed by atoms with Crippen LogP contribution in [0.2, 0.25) is 0 Å². The van der Waals surface area contributed by atoms with E-state index in [2.05, 4.69) is 0 Å². The van der Waals surface area contributed by atoms with Gasteiger partial charge in [0.1, 0.15) is 9.84 Å². The minimum Gasteiger partial charge on any atom is -0.321 e. The molecule has 0 aliphatic heterocycles. The lowest BCUT2D eigenvalue weighted by molar-refractivity contribution is -0.126. The maximum Gasteiger partial charge on any atom is 0.152 e. The quantitative estimate of drug-likeness (QED) is 0.712. The summed E-state index contributed by atoms with van der Waals surface area (Å²) in [5.41, 5.74) is 5.62. The summed E-state index contributed by atoms with van der Waals surface area (Å²) < 4.78 is 21.7. The van der Waals surface area contributed by atoms with Gasteiger partial charge >= 0.3 is 0 Å². The Morgan fingerprint density at radius 3 is 2.43 bits per heavy atom. The zero-order valence-corrected chi connectivity index (χ0v) is 9.22. The fraction of sp³-hybridized carbons (Fsp3) is 0.889. The number of nitrogens with two attached hydrogens (primary N) is 1. The fourth-order valence-electron chi connectivity index (χ4n) is 1.48. The monoisotopic (exact) mass is 219 g/mol. The van der Waals surface area contributed by atoms with Crippen LogP contribution in [0.4, 0.5) is 0 Å². The number of carbonyl (C=O) groups excluding carboxylic acids is 1. The molecule has 0 bridgehead atoms. The van der Waals surface area contributed by atoms with Gasteiger partial charge in [0.15, 0.2) is 5.78 Å². The first-order valence-corrected chi connectivity index (χ1v) is 6.93. The Morgan fingerprint density at radius 2 is 2.07 bits per heavy atom. The van der Waals surface area contributed by atoms with E-state index in [0.717, 1.165) is 25.5 Å². The molecule has 0 spiro atoms. The highest BCUT2D eigenvalue weighted by Gasteiger charge is 2.29. The predicted octanol–water partition coefficient (Wildman–Crippen LogP) is 0.118. The van der Waals surface area contributed by atoms with E-state index >= 15 is 0 Å². The molecule has 1 fully saturated rings. The Balaban J connectivity index is 2.34. The van der Waals surface area contributed by atoms with Gasteiger partial charge in [0.2, 0.25) is 0 Å². The summed E-state index contributed by atoms with van der Waals surface area (Å²) in [6.45, 7) is 0. The van der Waals surface area contributed by atoms with E-state index in [4.69, 9.17) is 5.73 Å². The van der Waals surface area contributed by atoms with Gasteiger partial charge in [-0.05, 0) is 19.3 Å². The van der Waals surface area contributed by atoms with Gasteiger partial charge in [0.05, 0.1) is 11.8 Å². The second kappa shape index (κ2) is 4.40. The van der Waals surface area contributed by atoms with Gasteiger partial charge in [-0.25, -0.2) is 8.42 Å². The molecule has 1 rings (SSSR count). The number of sulfone groups is 1. The number of ketones is 1. The van der Waals surface area contributed by atoms with Crippen LogP contribution < -0.4 is 5.73 Å². The lowest BCUT2D eigenvalue weighted by Crippen LogP contribution is -2.39. The van der Waals surface area contributed by atoms with Gasteiger partial charge < -0.3 is 5.73 Å². The first kappa shape index (κ1) is 11.7. The summed E-state index contributed by atoms with van der Waals surface area (Å²) in [4.78, 5) is 11.5. The van der Waals surface area contributed by atoms with Crippen molar-refractivity contribution in [3.05, 3.63) is 0 Å². The van der Waals surface area contributed by atoms with Gasteiger partial charge in [0.25, 0.3) is 0 Å². The second-order valence-electron chi connectivity index (χ2n) is 4.06. The topological polar surface area (TPSA) is 77.2 Å². The summed E-state index contributed by atoms with van der Waals surface area (Å²) in [6.07, 6.45) is 4.35. The number of Topliss-reactive ketones (excluding diaryl/α,β-unsaturated/α-hetero) is 1. The van der Waals surface area contributed by atoms with Crippen LogP contribution in [0.25, 0.3) is 0 Å². The van der Waals surface area contributed by atoms with Crippen molar-refractivity contribution in [2.45, 2.75) is 31.7 Å². The first-order chi connectivity index (χ1) is 6.40. The van der Waals surface area contributed by atoms with E-state index < -0.39 is 15.9 Å². The zero-order valence-electron chi connectivity index (χ0n) is 8.40. The molecule has 0 amide bonds. The minimum atomic E-state index is -3.00. The van der Waals surface area contributed by atoms with Crippen LogP contribution in [0.15, 0.2) is 0 Å². The molecule has 5 heteroatoms. The Hall–Kier alpha value is -0.420. The molecular weight excluding hydrogens is 202 g/mol. The van der Waals surface area contributed by atoms with Gasteiger partial charge in [-0.3, -0.25) is 4.79 Å². The van der Waals surface area contributed by atoms with Crippen LogP contribution in [0.3, 0.4) is 0 Å². The van der Waals surface area contributed by atoms with Crippen molar-refractivity contribution >= 4 is 15.6 Å². The summed E-state index contributed by atoms with van der Waals surface area (Å²) in [5, 5.41) is 0. The van der Waals surface area contributed by atoms with E-state index in [1.807, 2.05) is 0 Å². The summed E-state index contributed by atoms with van der Waals surface area (Å²) in [6, 6.07) is -0.588. The molecule has 1 atom stereocenters. The molecule has 1 aliphatic rings. The molecular formula is C9H17NO3S. The first-order valence-electron chi connectivity index (χ1n) is 4.87. The summed E-state index contributed by atoms with van der Waals surface area (Å²) >= 11 is 0. The number of hydrogen-bond donors (Lipinski definition) is 1. The van der Waals surface area contributed by atoms with Crippen LogP contribution in [-0.4, -0.2) is 32.3 Å². The molecule has 2 N–H and O–H groups in total. The highest BCUT2D eigenvalue weighted by atomic mass is 32.2. The van der Waals surface area contributed by atoms with Gasteiger partial charge in [-0.1, -0.05) is 6.42 Å². The van der Waals surface area contributed by atoms with Crippen LogP contribution in [0.1, 0.15) is 25.7 Å². The van der Waals surface area contributed by atoms with Crippen molar-refractivity contribution in [1.82, 2.24) is 0 Å². The van der Waals surface area contributed by atoms with Crippen LogP contribution in [-0.2, 0) is 14.6 Å². The van der Waals surface area contributed by atoms with Crippen LogP contribution in [0, 0.1) is 5.92 Å². The molecule has 4 nitrogen and oxygen atoms in total. The van der Waals surface area contributed by atoms with Crippen molar-refractivity contribution in [3.63, 3.8) is 0 Å². The maximum absolute atomic E-state index is 11.5. The Morgan fingerprint density at radius 1 is 1.50 bits per heavy atom. The maximum atomic E-state index is 11.5. The average Bonchev–Trinajstić information content (AvgIpc) is 1.95. The normalized spacial score (nSPS) is 20.1. The number of carbonyl (C=O) groups is 1. The van der Waals surface area contributed by atoms with Crippen molar-refractivity contribution < 1.29 is 13.2 Å². The number of rotatable bonds is 5. The molecule has 1 saturated carbocycles. The third-order valence-electron chi connectivity index (χ3n) is 2.67. The molecule has 0 heterocycles. The van der Waals surface area contributed by atoms with Gasteiger partial charge in [0, 0.05) is 12.2 Å². The highest BCUT2D eigenvalue weighted by Crippen LogP contribution is 2.28. The fourth-order valence-corrected chi connectivity index (χ4v) is 2.16. The molecule has 0 aromatic rings. The molecule has 0 aromatic carbocycles. The van der Waals surface area contributed by atoms with Gasteiger partial charge in [-0.15, -0.1) is 0 Å². The van der Waals surface area contributed by atoms with Crippen molar-refractivity contribution in [2.75, 3.05) is 12.0 Å². The van der Waals surface area contributed by atoms with E-state index in [-0.39, 0.29) is 23.9 Å². The summed E-state index contributed by atoms with van der Waals surface area (Å²) in [7, 11) is -3.00. The Bertz CT molecular complexity index is 306. The van der Waals surface area contributed by atoms with Gasteiger partial charge in [-0.2, -0.15) is 0 Å². The Labute approximate surface area is 84.8 Å². The van der Waals surface area contributed by atoms with Crippen molar-refractivity contribution in [2.24, 2.45) is 11.7 Å². The van der Waals surface area contributed by atoms with E-state index in [1.165, 1.54) is 0 Å². The number of hydrogen-bond acceptors (Lipinski definition) is 4. The third-order valence-corrected chi connectivity index (χ3v) is 3.65. The van der Waals surface area contributed by atoms with E-state index in [1.54, 1.807) is 0 Å². The molecule has 14 heavy (non-hydrogen) atoms. The smallest absolute Gasteiger partial charge is 0.152 e. The van der Waals surface area contributed by atoms with Crippen LogP contribution in [0.5, 0.6) is 0 Å². The molecule has 0 radical (unpaired) electrons. The average molecular weight is 219 g/mol. The summed E-state index contributed by atoms with van der Waals surface area (Å²) in [5.74, 6) is 0.150. The standard InChI is InChI=1S/C9H17NO3S/c1-14(12,13)6-5-8(10)9(11)7-3-2-4-7/h7-8H,2-6,10H2,1H3. The van der Waals surface area contributed by atoms with Crippen LogP contribution >= 0.6 is 0 Å². The largest absolute Gasteiger partial charge is 0.321 e. The predicted molar refractivity (Wildman–Crippen MR) is 54.7 cm³/mol. The highest BCUT2D eigenvalue weighted by molar-refractivity contribution is 7.90. The van der Waals surface area contributed by atoms with E-state index in [9.17, 15) is 13.2 Å². The zero-order chi connectivity index (χ0) is 10.8. The van der Waals surface area contributed by atoms with E-state index in [0.29, 0.717) is 0 Å².